The Balaban J connectivity index is 2.34. The van der Waals surface area contributed by atoms with Crippen molar-refractivity contribution in [1.29, 1.82) is 0 Å². The highest BCUT2D eigenvalue weighted by Crippen LogP contribution is 2.28. The van der Waals surface area contributed by atoms with Gasteiger partial charge in [0.15, 0.2) is 0 Å². The van der Waals surface area contributed by atoms with Crippen LogP contribution in [0.15, 0.2) is 48.7 Å². The van der Waals surface area contributed by atoms with Gasteiger partial charge < -0.3 is 0 Å². The Morgan fingerprint density at radius 2 is 1.60 bits per heavy atom. The Labute approximate surface area is 118 Å². The molecule has 0 aliphatic carbocycles. The molecule has 100 valence electrons. The fraction of sp³-hybridized carbons (Fsp3) is 0.235. The number of hydrogen-bond acceptors (Lipinski definition) is 3. The van der Waals surface area contributed by atoms with E-state index in [1.165, 1.54) is 0 Å². The van der Waals surface area contributed by atoms with E-state index in [2.05, 4.69) is 42.9 Å². The van der Waals surface area contributed by atoms with Crippen molar-refractivity contribution in [2.24, 2.45) is 0 Å². The smallest absolute Gasteiger partial charge is 0.135 e. The van der Waals surface area contributed by atoms with Gasteiger partial charge in [-0.3, -0.25) is 4.98 Å². The Kier molecular flexibility index (Phi) is 2.97. The van der Waals surface area contributed by atoms with E-state index < -0.39 is 0 Å². The van der Waals surface area contributed by atoms with Crippen molar-refractivity contribution in [3.05, 3.63) is 54.5 Å². The molecule has 0 atom stereocenters. The lowest BCUT2D eigenvalue weighted by Gasteiger charge is -2.18. The van der Waals surface area contributed by atoms with Crippen LogP contribution < -0.4 is 0 Å². The standard InChI is InChI=1S/C17H17N3/c1-17(2,3)16-19-13-10-7-11-18-15(13)14(20-16)12-8-5-4-6-9-12/h4-11H,1-3H3. The van der Waals surface area contributed by atoms with Crippen LogP contribution in [0.25, 0.3) is 22.3 Å². The number of nitrogens with zero attached hydrogens (tertiary/aromatic N) is 3. The molecule has 0 unspecified atom stereocenters. The normalized spacial score (nSPS) is 11.8. The average Bonchev–Trinajstić information content (AvgIpc) is 2.46. The van der Waals surface area contributed by atoms with Gasteiger partial charge in [-0.2, -0.15) is 0 Å². The van der Waals surface area contributed by atoms with Crippen molar-refractivity contribution in [3.8, 4) is 11.3 Å². The van der Waals surface area contributed by atoms with Crippen LogP contribution in [0.2, 0.25) is 0 Å². The highest BCUT2D eigenvalue weighted by molar-refractivity contribution is 5.88. The first kappa shape index (κ1) is 12.7. The van der Waals surface area contributed by atoms with Gasteiger partial charge in [0, 0.05) is 17.2 Å². The molecule has 3 aromatic rings. The first-order chi connectivity index (χ1) is 9.55. The third-order valence-electron chi connectivity index (χ3n) is 3.17. The van der Waals surface area contributed by atoms with Crippen LogP contribution in [0, 0.1) is 0 Å². The second-order valence-corrected chi connectivity index (χ2v) is 5.88. The van der Waals surface area contributed by atoms with E-state index in [0.29, 0.717) is 0 Å². The molecule has 0 spiro atoms. The summed E-state index contributed by atoms with van der Waals surface area (Å²) in [6.45, 7) is 6.37. The van der Waals surface area contributed by atoms with Gasteiger partial charge in [0.2, 0.25) is 0 Å². The Bertz CT molecular complexity index is 743. The number of hydrogen-bond donors (Lipinski definition) is 0. The van der Waals surface area contributed by atoms with Gasteiger partial charge >= 0.3 is 0 Å². The SMILES string of the molecule is CC(C)(C)c1nc(-c2ccccc2)c2ncccc2n1. The lowest BCUT2D eigenvalue weighted by Crippen LogP contribution is -2.16. The summed E-state index contributed by atoms with van der Waals surface area (Å²) in [5, 5.41) is 0. The zero-order valence-corrected chi connectivity index (χ0v) is 12.0. The lowest BCUT2D eigenvalue weighted by molar-refractivity contribution is 0.549. The predicted octanol–water partition coefficient (Wildman–Crippen LogP) is 3.99. The quantitative estimate of drug-likeness (QED) is 0.666. The second kappa shape index (κ2) is 4.67. The third kappa shape index (κ3) is 2.27. The van der Waals surface area contributed by atoms with Gasteiger partial charge in [-0.1, -0.05) is 51.1 Å². The van der Waals surface area contributed by atoms with Crippen molar-refractivity contribution in [2.45, 2.75) is 26.2 Å². The molecule has 0 saturated heterocycles. The maximum atomic E-state index is 4.77. The molecule has 2 aromatic heterocycles. The summed E-state index contributed by atoms with van der Waals surface area (Å²) in [4.78, 5) is 13.9. The zero-order chi connectivity index (χ0) is 14.2. The van der Waals surface area contributed by atoms with Crippen LogP contribution in [-0.4, -0.2) is 15.0 Å². The highest BCUT2D eigenvalue weighted by Gasteiger charge is 2.20. The van der Waals surface area contributed by atoms with E-state index in [1.807, 2.05) is 30.3 Å². The number of benzene rings is 1. The van der Waals surface area contributed by atoms with Crippen LogP contribution in [0.1, 0.15) is 26.6 Å². The number of fused-ring (bicyclic) bond motifs is 1. The summed E-state index contributed by atoms with van der Waals surface area (Å²) in [6.07, 6.45) is 1.79. The molecule has 0 saturated carbocycles. The zero-order valence-electron chi connectivity index (χ0n) is 12.0. The molecule has 3 nitrogen and oxygen atoms in total. The molecule has 20 heavy (non-hydrogen) atoms. The van der Waals surface area contributed by atoms with Crippen molar-refractivity contribution in [2.75, 3.05) is 0 Å². The molecule has 2 heterocycles. The highest BCUT2D eigenvalue weighted by atomic mass is 14.9. The number of aromatic nitrogens is 3. The molecule has 0 N–H and O–H groups in total. The maximum Gasteiger partial charge on any atom is 0.135 e. The second-order valence-electron chi connectivity index (χ2n) is 5.88. The molecular formula is C17H17N3. The monoisotopic (exact) mass is 263 g/mol. The number of rotatable bonds is 1. The Hall–Kier alpha value is -2.29. The maximum absolute atomic E-state index is 4.77. The molecular weight excluding hydrogens is 246 g/mol. The minimum atomic E-state index is -0.0897. The summed E-state index contributed by atoms with van der Waals surface area (Å²) < 4.78 is 0. The van der Waals surface area contributed by atoms with E-state index >= 15 is 0 Å². The lowest BCUT2D eigenvalue weighted by atomic mass is 9.95. The van der Waals surface area contributed by atoms with Crippen LogP contribution in [0.5, 0.6) is 0 Å². The van der Waals surface area contributed by atoms with E-state index in [1.54, 1.807) is 6.20 Å². The minimum absolute atomic E-state index is 0.0897. The van der Waals surface area contributed by atoms with Crippen molar-refractivity contribution >= 4 is 11.0 Å². The Morgan fingerprint density at radius 1 is 0.850 bits per heavy atom. The van der Waals surface area contributed by atoms with Gasteiger partial charge in [0.25, 0.3) is 0 Å². The molecule has 0 aliphatic rings. The fourth-order valence-electron chi connectivity index (χ4n) is 2.10. The van der Waals surface area contributed by atoms with Crippen molar-refractivity contribution in [3.63, 3.8) is 0 Å². The van der Waals surface area contributed by atoms with Gasteiger partial charge in [-0.25, -0.2) is 9.97 Å². The van der Waals surface area contributed by atoms with E-state index in [0.717, 1.165) is 28.1 Å². The fourth-order valence-corrected chi connectivity index (χ4v) is 2.10. The summed E-state index contributed by atoms with van der Waals surface area (Å²) in [5.74, 6) is 0.844. The average molecular weight is 263 g/mol. The van der Waals surface area contributed by atoms with Gasteiger partial charge in [0.1, 0.15) is 17.0 Å². The number of pyridine rings is 1. The summed E-state index contributed by atoms with van der Waals surface area (Å²) in [7, 11) is 0. The van der Waals surface area contributed by atoms with E-state index in [-0.39, 0.29) is 5.41 Å². The molecule has 0 amide bonds. The topological polar surface area (TPSA) is 38.7 Å². The third-order valence-corrected chi connectivity index (χ3v) is 3.17. The van der Waals surface area contributed by atoms with E-state index in [9.17, 15) is 0 Å². The minimum Gasteiger partial charge on any atom is -0.252 e. The summed E-state index contributed by atoms with van der Waals surface area (Å²) in [5.41, 5.74) is 3.64. The van der Waals surface area contributed by atoms with Crippen LogP contribution in [0.4, 0.5) is 0 Å². The molecule has 3 heteroatoms. The van der Waals surface area contributed by atoms with Gasteiger partial charge in [-0.05, 0) is 12.1 Å². The van der Waals surface area contributed by atoms with Crippen LogP contribution in [0.3, 0.4) is 0 Å². The molecule has 3 rings (SSSR count). The summed E-state index contributed by atoms with van der Waals surface area (Å²) in [6, 6.07) is 14.1. The molecule has 0 bridgehead atoms. The molecule has 1 aromatic carbocycles. The van der Waals surface area contributed by atoms with Crippen LogP contribution >= 0.6 is 0 Å². The van der Waals surface area contributed by atoms with Crippen LogP contribution in [-0.2, 0) is 5.41 Å². The first-order valence-electron chi connectivity index (χ1n) is 6.74. The summed E-state index contributed by atoms with van der Waals surface area (Å²) >= 11 is 0. The van der Waals surface area contributed by atoms with Gasteiger partial charge in [0.05, 0.1) is 5.52 Å². The van der Waals surface area contributed by atoms with Gasteiger partial charge in [-0.15, -0.1) is 0 Å². The largest absolute Gasteiger partial charge is 0.252 e. The van der Waals surface area contributed by atoms with Crippen molar-refractivity contribution < 1.29 is 0 Å². The molecule has 0 aliphatic heterocycles. The first-order valence-corrected chi connectivity index (χ1v) is 6.74. The molecule has 0 fully saturated rings. The molecule has 0 radical (unpaired) electrons. The van der Waals surface area contributed by atoms with E-state index in [4.69, 9.17) is 4.98 Å². The van der Waals surface area contributed by atoms with Crippen molar-refractivity contribution in [1.82, 2.24) is 15.0 Å². The predicted molar refractivity (Wildman–Crippen MR) is 81.5 cm³/mol. The Morgan fingerprint density at radius 3 is 2.30 bits per heavy atom.